The quantitative estimate of drug-likeness (QED) is 0.901. The lowest BCUT2D eigenvalue weighted by Gasteiger charge is -2.03. The normalized spacial score (nSPS) is 10.5. The van der Waals surface area contributed by atoms with Gasteiger partial charge in [-0.3, -0.25) is 0 Å². The Bertz CT molecular complexity index is 607. The number of aromatic carboxylic acids is 1. The summed E-state index contributed by atoms with van der Waals surface area (Å²) >= 11 is 5.89. The van der Waals surface area contributed by atoms with Gasteiger partial charge in [-0.25, -0.2) is 9.18 Å². The van der Waals surface area contributed by atoms with Gasteiger partial charge in [0, 0.05) is 6.54 Å². The van der Waals surface area contributed by atoms with Crippen LogP contribution in [0.3, 0.4) is 0 Å². The Balaban J connectivity index is 2.66. The topological polar surface area (TPSA) is 75.4 Å². The van der Waals surface area contributed by atoms with Gasteiger partial charge in [0.2, 0.25) is 5.88 Å². The predicted molar refractivity (Wildman–Crippen MR) is 68.0 cm³/mol. The minimum atomic E-state index is -1.27. The molecule has 2 aromatic rings. The van der Waals surface area contributed by atoms with Gasteiger partial charge in [0.1, 0.15) is 11.5 Å². The first kappa shape index (κ1) is 13.4. The van der Waals surface area contributed by atoms with E-state index in [-0.39, 0.29) is 27.7 Å². The van der Waals surface area contributed by atoms with E-state index in [0.717, 1.165) is 0 Å². The van der Waals surface area contributed by atoms with Crippen LogP contribution in [0.15, 0.2) is 22.7 Å². The number of carboxylic acid groups (broad SMARTS) is 1. The molecule has 1 aromatic heterocycles. The number of rotatable bonds is 4. The Morgan fingerprint density at radius 3 is 2.89 bits per heavy atom. The highest BCUT2D eigenvalue weighted by atomic mass is 35.5. The number of nitrogens with one attached hydrogen (secondary N) is 1. The van der Waals surface area contributed by atoms with E-state index in [1.54, 1.807) is 6.92 Å². The third-order valence-electron chi connectivity index (χ3n) is 2.44. The zero-order valence-corrected chi connectivity index (χ0v) is 10.7. The Hall–Kier alpha value is -2.08. The molecule has 0 aliphatic carbocycles. The second-order valence-corrected chi connectivity index (χ2v) is 4.07. The number of hydrogen-bond donors (Lipinski definition) is 2. The molecule has 0 unspecified atom stereocenters. The van der Waals surface area contributed by atoms with Crippen molar-refractivity contribution in [2.45, 2.75) is 6.92 Å². The highest BCUT2D eigenvalue weighted by molar-refractivity contribution is 6.33. The van der Waals surface area contributed by atoms with Gasteiger partial charge in [-0.15, -0.1) is 0 Å². The molecule has 0 aliphatic rings. The van der Waals surface area contributed by atoms with Gasteiger partial charge >= 0.3 is 5.97 Å². The zero-order chi connectivity index (χ0) is 14.0. The van der Waals surface area contributed by atoms with Crippen molar-refractivity contribution < 1.29 is 18.8 Å². The molecular weight excluding hydrogens is 275 g/mol. The first-order chi connectivity index (χ1) is 9.06. The van der Waals surface area contributed by atoms with E-state index in [4.69, 9.17) is 16.1 Å². The summed E-state index contributed by atoms with van der Waals surface area (Å²) in [5.74, 6) is -1.96. The summed E-state index contributed by atoms with van der Waals surface area (Å²) in [4.78, 5) is 11.3. The van der Waals surface area contributed by atoms with Crippen LogP contribution >= 0.6 is 11.6 Å². The standard InChI is InChI=1S/C12H10ClFN2O3/c1-2-15-11-9(12(17)18)10(16-19-11)8-6(13)4-3-5-7(8)14/h3-5,15H,2H2,1H3,(H,17,18). The van der Waals surface area contributed by atoms with E-state index < -0.39 is 11.8 Å². The molecular formula is C12H10ClFN2O3. The van der Waals surface area contributed by atoms with Crippen LogP contribution in [0.25, 0.3) is 11.3 Å². The number of nitrogens with zero attached hydrogens (tertiary/aromatic N) is 1. The highest BCUT2D eigenvalue weighted by Gasteiger charge is 2.26. The van der Waals surface area contributed by atoms with Crippen molar-refractivity contribution in [3.8, 4) is 11.3 Å². The largest absolute Gasteiger partial charge is 0.477 e. The smallest absolute Gasteiger partial charge is 0.343 e. The van der Waals surface area contributed by atoms with Gasteiger partial charge in [0.05, 0.1) is 10.6 Å². The summed E-state index contributed by atoms with van der Waals surface area (Å²) in [5.41, 5.74) is -0.463. The molecule has 2 N–H and O–H groups in total. The molecule has 1 aromatic carbocycles. The van der Waals surface area contributed by atoms with Crippen LogP contribution in [0.4, 0.5) is 10.3 Å². The van der Waals surface area contributed by atoms with Crippen LogP contribution < -0.4 is 5.32 Å². The van der Waals surface area contributed by atoms with Gasteiger partial charge in [0.15, 0.2) is 5.56 Å². The lowest BCUT2D eigenvalue weighted by molar-refractivity contribution is 0.0698. The van der Waals surface area contributed by atoms with Gasteiger partial charge in [0.25, 0.3) is 0 Å². The Labute approximate surface area is 113 Å². The zero-order valence-electron chi connectivity index (χ0n) is 9.91. The van der Waals surface area contributed by atoms with Crippen LogP contribution in [-0.2, 0) is 0 Å². The number of aromatic nitrogens is 1. The molecule has 0 atom stereocenters. The molecule has 0 amide bonds. The van der Waals surface area contributed by atoms with Crippen molar-refractivity contribution in [1.82, 2.24) is 5.16 Å². The number of carbonyl (C=O) groups is 1. The predicted octanol–water partition coefficient (Wildman–Crippen LogP) is 3.26. The molecule has 0 fully saturated rings. The minimum Gasteiger partial charge on any atom is -0.477 e. The molecule has 0 spiro atoms. The Kier molecular flexibility index (Phi) is 3.71. The van der Waals surface area contributed by atoms with E-state index in [0.29, 0.717) is 6.54 Å². The molecule has 1 heterocycles. The van der Waals surface area contributed by atoms with Crippen LogP contribution in [0.1, 0.15) is 17.3 Å². The van der Waals surface area contributed by atoms with Crippen molar-refractivity contribution in [3.63, 3.8) is 0 Å². The summed E-state index contributed by atoms with van der Waals surface area (Å²) in [6.45, 7) is 2.21. The summed E-state index contributed by atoms with van der Waals surface area (Å²) in [7, 11) is 0. The van der Waals surface area contributed by atoms with Crippen molar-refractivity contribution >= 4 is 23.5 Å². The lowest BCUT2D eigenvalue weighted by Crippen LogP contribution is -2.04. The average Bonchev–Trinajstić information content (AvgIpc) is 2.73. The molecule has 0 saturated heterocycles. The lowest BCUT2D eigenvalue weighted by atomic mass is 10.1. The van der Waals surface area contributed by atoms with Crippen molar-refractivity contribution in [2.75, 3.05) is 11.9 Å². The molecule has 0 radical (unpaired) electrons. The molecule has 2 rings (SSSR count). The Morgan fingerprint density at radius 1 is 1.58 bits per heavy atom. The van der Waals surface area contributed by atoms with E-state index >= 15 is 0 Å². The van der Waals surface area contributed by atoms with Crippen LogP contribution in [0.2, 0.25) is 5.02 Å². The fourth-order valence-corrected chi connectivity index (χ4v) is 1.92. The van der Waals surface area contributed by atoms with Crippen LogP contribution in [-0.4, -0.2) is 22.8 Å². The summed E-state index contributed by atoms with van der Waals surface area (Å²) < 4.78 is 18.7. The van der Waals surface area contributed by atoms with E-state index in [1.807, 2.05) is 0 Å². The van der Waals surface area contributed by atoms with Gasteiger partial charge in [-0.1, -0.05) is 22.8 Å². The fraction of sp³-hybridized carbons (Fsp3) is 0.167. The van der Waals surface area contributed by atoms with E-state index in [2.05, 4.69) is 10.5 Å². The molecule has 7 heteroatoms. The summed E-state index contributed by atoms with van der Waals surface area (Å²) in [6, 6.07) is 4.05. The van der Waals surface area contributed by atoms with Crippen LogP contribution in [0.5, 0.6) is 0 Å². The first-order valence-corrected chi connectivity index (χ1v) is 5.85. The maximum Gasteiger partial charge on any atom is 0.343 e. The Morgan fingerprint density at radius 2 is 2.32 bits per heavy atom. The second-order valence-electron chi connectivity index (χ2n) is 3.67. The molecule has 0 saturated carbocycles. The number of carboxylic acids is 1. The number of halogens is 2. The highest BCUT2D eigenvalue weighted by Crippen LogP contribution is 2.35. The van der Waals surface area contributed by atoms with Gasteiger partial charge in [-0.05, 0) is 19.1 Å². The van der Waals surface area contributed by atoms with E-state index in [9.17, 15) is 14.3 Å². The maximum atomic E-state index is 13.8. The third-order valence-corrected chi connectivity index (χ3v) is 2.76. The van der Waals surface area contributed by atoms with Crippen LogP contribution in [0, 0.1) is 5.82 Å². The average molecular weight is 285 g/mol. The minimum absolute atomic E-state index is 0.0238. The number of benzene rings is 1. The summed E-state index contributed by atoms with van der Waals surface area (Å²) in [5, 5.41) is 15.6. The van der Waals surface area contributed by atoms with Gasteiger partial charge in [-0.2, -0.15) is 0 Å². The SMILES string of the molecule is CCNc1onc(-c2c(F)cccc2Cl)c1C(=O)O. The molecule has 100 valence electrons. The first-order valence-electron chi connectivity index (χ1n) is 5.47. The molecule has 19 heavy (non-hydrogen) atoms. The van der Waals surface area contributed by atoms with Crippen molar-refractivity contribution in [1.29, 1.82) is 0 Å². The maximum absolute atomic E-state index is 13.8. The molecule has 0 aliphatic heterocycles. The number of anilines is 1. The number of hydrogen-bond acceptors (Lipinski definition) is 4. The molecule has 0 bridgehead atoms. The van der Waals surface area contributed by atoms with Crippen molar-refractivity contribution in [3.05, 3.63) is 34.6 Å². The molecule has 5 nitrogen and oxygen atoms in total. The third kappa shape index (κ3) is 2.39. The summed E-state index contributed by atoms with van der Waals surface area (Å²) in [6.07, 6.45) is 0. The second kappa shape index (κ2) is 5.27. The van der Waals surface area contributed by atoms with Crippen molar-refractivity contribution in [2.24, 2.45) is 0 Å². The monoisotopic (exact) mass is 284 g/mol. The van der Waals surface area contributed by atoms with E-state index in [1.165, 1.54) is 18.2 Å². The van der Waals surface area contributed by atoms with Gasteiger partial charge < -0.3 is 14.9 Å². The fourth-order valence-electron chi connectivity index (χ4n) is 1.66.